The minimum atomic E-state index is -1.17. The summed E-state index contributed by atoms with van der Waals surface area (Å²) in [7, 11) is -2.31. The molecule has 0 bridgehead atoms. The zero-order valence-corrected chi connectivity index (χ0v) is 8.26. The van der Waals surface area contributed by atoms with Gasteiger partial charge in [0, 0.05) is 0 Å². The van der Waals surface area contributed by atoms with E-state index >= 15 is 0 Å². The summed E-state index contributed by atoms with van der Waals surface area (Å²) in [5.74, 6) is 0. The van der Waals surface area contributed by atoms with Crippen LogP contribution in [0.2, 0.25) is 0 Å². The quantitative estimate of drug-likeness (QED) is 0.485. The Balaban J connectivity index is 3.58. The first-order chi connectivity index (χ1) is 4.59. The first-order valence-corrected chi connectivity index (χ1v) is 6.62. The topological polar surface area (TPSA) is 46.1 Å². The summed E-state index contributed by atoms with van der Waals surface area (Å²) in [5, 5.41) is 0.0795. The van der Waals surface area contributed by atoms with Crippen LogP contribution in [-0.4, -0.2) is 20.6 Å². The fourth-order valence-electron chi connectivity index (χ4n) is 0.734. The summed E-state index contributed by atoms with van der Waals surface area (Å²) < 4.78 is 21.7. The maximum Gasteiger partial charge on any atom is 0.173 e. The molecule has 0 N–H and O–H groups in total. The molecule has 0 aromatic heterocycles. The van der Waals surface area contributed by atoms with Crippen LogP contribution < -0.4 is 0 Å². The molecule has 10 heavy (non-hydrogen) atoms. The molecule has 0 saturated heterocycles. The molecule has 4 heteroatoms. The van der Waals surface area contributed by atoms with E-state index in [0.717, 1.165) is 12.8 Å². The van der Waals surface area contributed by atoms with Crippen LogP contribution in [0.5, 0.6) is 0 Å². The molecule has 3 unspecified atom stereocenters. The molecule has 0 aromatic rings. The largest absolute Gasteiger partial charge is 0.572 e. The Bertz CT molecular complexity index is 87.8. The molecule has 0 saturated carbocycles. The van der Waals surface area contributed by atoms with Crippen molar-refractivity contribution >= 4 is 20.4 Å². The third-order valence-electron chi connectivity index (χ3n) is 1.26. The average molecular weight is 182 g/mol. The van der Waals surface area contributed by atoms with Gasteiger partial charge in [0.15, 0.2) is 25.7 Å². The summed E-state index contributed by atoms with van der Waals surface area (Å²) in [6.07, 6.45) is 3.39. The van der Waals surface area contributed by atoms with Gasteiger partial charge in [-0.15, -0.1) is 0 Å². The highest BCUT2D eigenvalue weighted by atomic mass is 33.2. The second-order valence-corrected chi connectivity index (χ2v) is 6.78. The van der Waals surface area contributed by atoms with Gasteiger partial charge in [0.2, 0.25) is 0 Å². The Morgan fingerprint density at radius 2 is 1.90 bits per heavy atom. The van der Waals surface area contributed by atoms with Gasteiger partial charge in [0.05, 0.1) is 0 Å². The van der Waals surface area contributed by atoms with Crippen LogP contribution in [0.3, 0.4) is 0 Å². The van der Waals surface area contributed by atoms with E-state index in [4.69, 9.17) is 0 Å². The van der Waals surface area contributed by atoms with E-state index in [1.54, 1.807) is 0 Å². The van der Waals surface area contributed by atoms with E-state index in [9.17, 15) is 9.11 Å². The van der Waals surface area contributed by atoms with Crippen molar-refractivity contribution in [2.24, 2.45) is 0 Å². The standard InChI is InChI=1S/C6H14O2S2/c1-4-5-6(2)10(8)9(3)7/h6H,4-5H2,1-3H3. The van der Waals surface area contributed by atoms with Crippen molar-refractivity contribution in [3.05, 3.63) is 0 Å². The van der Waals surface area contributed by atoms with E-state index in [2.05, 4.69) is 0 Å². The summed E-state index contributed by atoms with van der Waals surface area (Å²) in [5.41, 5.74) is 0. The number of hydrogen-bond donors (Lipinski definition) is 0. The van der Waals surface area contributed by atoms with Crippen LogP contribution in [0.15, 0.2) is 0 Å². The van der Waals surface area contributed by atoms with Crippen molar-refractivity contribution in [1.82, 2.24) is 0 Å². The van der Waals surface area contributed by atoms with Gasteiger partial charge in [0.1, 0.15) is 6.26 Å². The third-order valence-corrected chi connectivity index (χ3v) is 4.98. The molecule has 3 atom stereocenters. The predicted molar refractivity (Wildman–Crippen MR) is 46.6 cm³/mol. The first kappa shape index (κ1) is 10.6. The Kier molecular flexibility index (Phi) is 5.62. The molecule has 0 amide bonds. The Hall–Kier alpha value is 0.620. The van der Waals surface area contributed by atoms with Crippen molar-refractivity contribution in [2.75, 3.05) is 6.26 Å². The molecule has 0 rings (SSSR count). The maximum atomic E-state index is 11.0. The van der Waals surface area contributed by atoms with Gasteiger partial charge in [-0.05, 0) is 13.3 Å². The van der Waals surface area contributed by atoms with Crippen molar-refractivity contribution in [3.63, 3.8) is 0 Å². The number of hydrogen-bond acceptors (Lipinski definition) is 2. The molecule has 0 aliphatic rings. The smallest absolute Gasteiger partial charge is 0.173 e. The Morgan fingerprint density at radius 3 is 2.20 bits per heavy atom. The van der Waals surface area contributed by atoms with Crippen molar-refractivity contribution in [2.45, 2.75) is 31.9 Å². The molecule has 0 fully saturated rings. The van der Waals surface area contributed by atoms with Crippen molar-refractivity contribution < 1.29 is 9.11 Å². The van der Waals surface area contributed by atoms with Gasteiger partial charge in [-0.2, -0.15) is 0 Å². The lowest BCUT2D eigenvalue weighted by Crippen LogP contribution is -2.25. The summed E-state index contributed by atoms with van der Waals surface area (Å²) in [6.45, 7) is 3.91. The van der Waals surface area contributed by atoms with Crippen molar-refractivity contribution in [3.8, 4) is 0 Å². The van der Waals surface area contributed by atoms with Crippen molar-refractivity contribution in [1.29, 1.82) is 0 Å². The Morgan fingerprint density at radius 1 is 1.40 bits per heavy atom. The van der Waals surface area contributed by atoms with Crippen LogP contribution in [0, 0.1) is 0 Å². The normalized spacial score (nSPS) is 20.1. The molecule has 2 nitrogen and oxygen atoms in total. The predicted octanol–water partition coefficient (Wildman–Crippen LogP) is 1.22. The molecule has 0 aliphatic carbocycles. The molecular formula is C6H14O2S2. The van der Waals surface area contributed by atoms with Gasteiger partial charge >= 0.3 is 0 Å². The molecule has 0 aromatic carbocycles. The van der Waals surface area contributed by atoms with E-state index < -0.39 is 20.4 Å². The Labute approximate surface area is 68.2 Å². The van der Waals surface area contributed by atoms with E-state index in [1.165, 1.54) is 6.26 Å². The highest BCUT2D eigenvalue weighted by Gasteiger charge is 2.26. The first-order valence-electron chi connectivity index (χ1n) is 3.34. The summed E-state index contributed by atoms with van der Waals surface area (Å²) >= 11 is 0. The third kappa shape index (κ3) is 3.71. The van der Waals surface area contributed by atoms with E-state index in [-0.39, 0.29) is 5.25 Å². The van der Waals surface area contributed by atoms with Gasteiger partial charge < -0.3 is 9.11 Å². The second-order valence-electron chi connectivity index (χ2n) is 2.26. The van der Waals surface area contributed by atoms with Gasteiger partial charge in [0.25, 0.3) is 0 Å². The SMILES string of the molecule is CCCC(C)[S+]([O-])[S+](C)[O-]. The molecule has 62 valence electrons. The summed E-state index contributed by atoms with van der Waals surface area (Å²) in [6, 6.07) is 0. The molecule has 0 radical (unpaired) electrons. The van der Waals surface area contributed by atoms with Crippen LogP contribution in [0.1, 0.15) is 26.7 Å². The fraction of sp³-hybridized carbons (Fsp3) is 1.00. The molecule has 0 heterocycles. The lowest BCUT2D eigenvalue weighted by Gasteiger charge is -2.14. The van der Waals surface area contributed by atoms with Gasteiger partial charge in [-0.3, -0.25) is 0 Å². The van der Waals surface area contributed by atoms with Crippen LogP contribution in [-0.2, 0) is 20.4 Å². The van der Waals surface area contributed by atoms with E-state index in [0.29, 0.717) is 0 Å². The monoisotopic (exact) mass is 182 g/mol. The molecule has 0 aliphatic heterocycles. The minimum Gasteiger partial charge on any atom is -0.572 e. The van der Waals surface area contributed by atoms with Gasteiger partial charge in [-0.25, -0.2) is 0 Å². The van der Waals surface area contributed by atoms with Gasteiger partial charge in [-0.1, -0.05) is 13.3 Å². The molecule has 0 spiro atoms. The zero-order valence-electron chi connectivity index (χ0n) is 6.62. The summed E-state index contributed by atoms with van der Waals surface area (Å²) in [4.78, 5) is 0. The van der Waals surface area contributed by atoms with Crippen LogP contribution >= 0.6 is 0 Å². The lowest BCUT2D eigenvalue weighted by molar-refractivity contribution is 0.572. The maximum absolute atomic E-state index is 11.0. The molecular weight excluding hydrogens is 168 g/mol. The fourth-order valence-corrected chi connectivity index (χ4v) is 3.30. The number of rotatable bonds is 4. The zero-order chi connectivity index (χ0) is 8.15. The highest BCUT2D eigenvalue weighted by molar-refractivity contribution is 8.67. The van der Waals surface area contributed by atoms with E-state index in [1.807, 2.05) is 13.8 Å². The average Bonchev–Trinajstić information content (AvgIpc) is 1.87. The van der Waals surface area contributed by atoms with Crippen LogP contribution in [0.25, 0.3) is 0 Å². The lowest BCUT2D eigenvalue weighted by atomic mass is 10.3. The highest BCUT2D eigenvalue weighted by Crippen LogP contribution is 2.13. The second kappa shape index (κ2) is 5.29. The van der Waals surface area contributed by atoms with Crippen LogP contribution in [0.4, 0.5) is 0 Å². The minimum absolute atomic E-state index is 0.0795.